The zero-order valence-corrected chi connectivity index (χ0v) is 14.2. The van der Waals surface area contributed by atoms with E-state index >= 15 is 0 Å². The molecule has 3 aromatic rings. The second-order valence-corrected chi connectivity index (χ2v) is 6.59. The second-order valence-electron chi connectivity index (χ2n) is 4.85. The molecule has 0 aliphatic rings. The predicted octanol–water partition coefficient (Wildman–Crippen LogP) is 5.06. The van der Waals surface area contributed by atoms with Crippen molar-refractivity contribution in [1.82, 2.24) is 4.98 Å². The molecule has 0 radical (unpaired) electrons. The number of hydrogen-bond donors (Lipinski definition) is 1. The van der Waals surface area contributed by atoms with E-state index in [0.717, 1.165) is 11.0 Å². The fraction of sp³-hybridized carbons (Fsp3) is 0.0588. The van der Waals surface area contributed by atoms with Gasteiger partial charge in [-0.2, -0.15) is 0 Å². The monoisotopic (exact) mass is 362 g/mol. The average Bonchev–Trinajstić information content (AvgIpc) is 3.03. The van der Waals surface area contributed by atoms with Crippen LogP contribution in [0.2, 0.25) is 0 Å². The molecule has 0 aliphatic carbocycles. The number of anilines is 1. The lowest BCUT2D eigenvalue weighted by Gasteiger charge is -2.03. The fourth-order valence-electron chi connectivity index (χ4n) is 2.09. The summed E-state index contributed by atoms with van der Waals surface area (Å²) in [4.78, 5) is 17.4. The first-order valence-electron chi connectivity index (χ1n) is 6.93. The minimum absolute atomic E-state index is 0.192. The van der Waals surface area contributed by atoms with Gasteiger partial charge >= 0.3 is 0 Å². The number of amides is 1. The minimum Gasteiger partial charge on any atom is -0.298 e. The van der Waals surface area contributed by atoms with Gasteiger partial charge in [0.15, 0.2) is 5.13 Å². The average molecular weight is 362 g/mol. The Morgan fingerprint density at radius 3 is 2.79 bits per heavy atom. The highest BCUT2D eigenvalue weighted by Gasteiger charge is 2.13. The molecule has 3 rings (SSSR count). The van der Waals surface area contributed by atoms with Gasteiger partial charge < -0.3 is 0 Å². The molecule has 0 saturated carbocycles. The number of aromatic nitrogens is 1. The summed E-state index contributed by atoms with van der Waals surface area (Å²) in [6.07, 6.45) is 1.93. The van der Waals surface area contributed by atoms with E-state index in [1.54, 1.807) is 29.3 Å². The standard InChI is InChI=1S/C17H12F2N2OS2/c1-23-12-4-2-3-10(7-12)16(22)21-17-20-15(9-24-17)13-6-5-11(18)8-14(13)19/h2-9H,1H3,(H,20,21,22). The van der Waals surface area contributed by atoms with Gasteiger partial charge in [-0.1, -0.05) is 6.07 Å². The van der Waals surface area contributed by atoms with Crippen LogP contribution in [0.25, 0.3) is 11.3 Å². The van der Waals surface area contributed by atoms with Crippen LogP contribution in [0.4, 0.5) is 13.9 Å². The van der Waals surface area contributed by atoms with E-state index in [-0.39, 0.29) is 11.5 Å². The molecule has 1 aromatic heterocycles. The van der Waals surface area contributed by atoms with Gasteiger partial charge in [-0.15, -0.1) is 23.1 Å². The van der Waals surface area contributed by atoms with Crippen molar-refractivity contribution in [2.45, 2.75) is 4.90 Å². The summed E-state index contributed by atoms with van der Waals surface area (Å²) < 4.78 is 26.8. The van der Waals surface area contributed by atoms with Crippen LogP contribution in [0.3, 0.4) is 0 Å². The van der Waals surface area contributed by atoms with Gasteiger partial charge in [0.25, 0.3) is 5.91 Å². The molecule has 122 valence electrons. The number of thiazole rings is 1. The zero-order valence-electron chi connectivity index (χ0n) is 12.5. The van der Waals surface area contributed by atoms with E-state index in [2.05, 4.69) is 10.3 Å². The van der Waals surface area contributed by atoms with Gasteiger partial charge in [-0.25, -0.2) is 13.8 Å². The lowest BCUT2D eigenvalue weighted by atomic mass is 10.1. The number of hydrogen-bond acceptors (Lipinski definition) is 4. The van der Waals surface area contributed by atoms with E-state index in [9.17, 15) is 13.6 Å². The van der Waals surface area contributed by atoms with Crippen molar-refractivity contribution in [3.63, 3.8) is 0 Å². The highest BCUT2D eigenvalue weighted by atomic mass is 32.2. The summed E-state index contributed by atoms with van der Waals surface area (Å²) in [6, 6.07) is 10.5. The molecular weight excluding hydrogens is 350 g/mol. The Balaban J connectivity index is 1.79. The summed E-state index contributed by atoms with van der Waals surface area (Å²) >= 11 is 2.73. The molecular formula is C17H12F2N2OS2. The van der Waals surface area contributed by atoms with Crippen molar-refractivity contribution in [2.24, 2.45) is 0 Å². The van der Waals surface area contributed by atoms with Crippen LogP contribution in [0.15, 0.2) is 52.7 Å². The number of benzene rings is 2. The molecule has 0 atom stereocenters. The Morgan fingerprint density at radius 2 is 2.04 bits per heavy atom. The first kappa shape index (κ1) is 16.6. The van der Waals surface area contributed by atoms with Crippen LogP contribution in [0.5, 0.6) is 0 Å². The van der Waals surface area contributed by atoms with Gasteiger partial charge in [0, 0.05) is 27.5 Å². The molecule has 0 saturated heterocycles. The van der Waals surface area contributed by atoms with E-state index < -0.39 is 11.6 Å². The summed E-state index contributed by atoms with van der Waals surface area (Å²) in [5.41, 5.74) is 1.06. The molecule has 1 heterocycles. The number of halogens is 2. The van der Waals surface area contributed by atoms with Crippen molar-refractivity contribution in [2.75, 3.05) is 11.6 Å². The number of carbonyl (C=O) groups excluding carboxylic acids is 1. The molecule has 2 aromatic carbocycles. The number of carbonyl (C=O) groups is 1. The van der Waals surface area contributed by atoms with Crippen LogP contribution in [0.1, 0.15) is 10.4 Å². The summed E-state index contributed by atoms with van der Waals surface area (Å²) in [6.45, 7) is 0. The van der Waals surface area contributed by atoms with Crippen LogP contribution in [0, 0.1) is 11.6 Å². The number of rotatable bonds is 4. The molecule has 0 spiro atoms. The summed E-state index contributed by atoms with van der Waals surface area (Å²) in [7, 11) is 0. The molecule has 0 fully saturated rings. The lowest BCUT2D eigenvalue weighted by Crippen LogP contribution is -2.11. The highest BCUT2D eigenvalue weighted by Crippen LogP contribution is 2.28. The molecule has 0 aliphatic heterocycles. The van der Waals surface area contributed by atoms with Crippen LogP contribution in [-0.2, 0) is 0 Å². The molecule has 24 heavy (non-hydrogen) atoms. The molecule has 3 nitrogen and oxygen atoms in total. The molecule has 1 amide bonds. The first-order valence-corrected chi connectivity index (χ1v) is 9.03. The number of nitrogens with zero attached hydrogens (tertiary/aromatic N) is 1. The quantitative estimate of drug-likeness (QED) is 0.660. The van der Waals surface area contributed by atoms with E-state index in [1.165, 1.54) is 23.5 Å². The van der Waals surface area contributed by atoms with Crippen LogP contribution >= 0.6 is 23.1 Å². The zero-order chi connectivity index (χ0) is 17.1. The minimum atomic E-state index is -0.689. The van der Waals surface area contributed by atoms with E-state index in [4.69, 9.17) is 0 Å². The summed E-state index contributed by atoms with van der Waals surface area (Å²) in [5.74, 6) is -1.62. The predicted molar refractivity (Wildman–Crippen MR) is 93.6 cm³/mol. The number of thioether (sulfide) groups is 1. The lowest BCUT2D eigenvalue weighted by molar-refractivity contribution is 0.102. The van der Waals surface area contributed by atoms with Gasteiger partial charge in [-0.3, -0.25) is 10.1 Å². The van der Waals surface area contributed by atoms with Crippen molar-refractivity contribution < 1.29 is 13.6 Å². The third-order valence-corrected chi connectivity index (χ3v) is 4.75. The maximum atomic E-state index is 13.8. The SMILES string of the molecule is CSc1cccc(C(=O)Nc2nc(-c3ccc(F)cc3F)cs2)c1. The topological polar surface area (TPSA) is 42.0 Å². The van der Waals surface area contributed by atoms with E-state index in [1.807, 2.05) is 18.4 Å². The van der Waals surface area contributed by atoms with Crippen molar-refractivity contribution >= 4 is 34.1 Å². The van der Waals surface area contributed by atoms with Crippen LogP contribution < -0.4 is 5.32 Å². The van der Waals surface area contributed by atoms with E-state index in [0.29, 0.717) is 16.4 Å². The number of nitrogens with one attached hydrogen (secondary N) is 1. The Morgan fingerprint density at radius 1 is 1.21 bits per heavy atom. The molecule has 0 unspecified atom stereocenters. The molecule has 1 N–H and O–H groups in total. The van der Waals surface area contributed by atoms with Crippen molar-refractivity contribution in [3.8, 4) is 11.3 Å². The first-order chi connectivity index (χ1) is 11.6. The van der Waals surface area contributed by atoms with Gasteiger partial charge in [0.1, 0.15) is 11.6 Å². The van der Waals surface area contributed by atoms with Crippen molar-refractivity contribution in [3.05, 3.63) is 65.0 Å². The normalized spacial score (nSPS) is 10.6. The Bertz CT molecular complexity index is 896. The Kier molecular flexibility index (Phi) is 4.92. The van der Waals surface area contributed by atoms with Gasteiger partial charge in [0.05, 0.1) is 5.69 Å². The highest BCUT2D eigenvalue weighted by molar-refractivity contribution is 7.98. The second kappa shape index (κ2) is 7.11. The maximum Gasteiger partial charge on any atom is 0.257 e. The Hall–Kier alpha value is -2.25. The third-order valence-electron chi connectivity index (χ3n) is 3.26. The van der Waals surface area contributed by atoms with Gasteiger partial charge in [0.2, 0.25) is 0 Å². The van der Waals surface area contributed by atoms with Crippen LogP contribution in [-0.4, -0.2) is 17.1 Å². The maximum absolute atomic E-state index is 13.8. The van der Waals surface area contributed by atoms with Crippen molar-refractivity contribution in [1.29, 1.82) is 0 Å². The fourth-order valence-corrected chi connectivity index (χ4v) is 3.25. The van der Waals surface area contributed by atoms with Gasteiger partial charge in [-0.05, 0) is 36.6 Å². The molecule has 0 bridgehead atoms. The smallest absolute Gasteiger partial charge is 0.257 e. The largest absolute Gasteiger partial charge is 0.298 e. The molecule has 7 heteroatoms. The third kappa shape index (κ3) is 3.63. The summed E-state index contributed by atoms with van der Waals surface area (Å²) in [5, 5.41) is 4.66. The Labute approximate surface area is 145 Å².